The lowest BCUT2D eigenvalue weighted by molar-refractivity contribution is -0.118. The number of anilines is 1. The third-order valence-corrected chi connectivity index (χ3v) is 6.02. The Bertz CT molecular complexity index is 894. The van der Waals surface area contributed by atoms with Gasteiger partial charge in [0, 0.05) is 18.8 Å². The molecule has 0 spiro atoms. The van der Waals surface area contributed by atoms with Gasteiger partial charge in [-0.05, 0) is 55.0 Å². The monoisotopic (exact) mass is 394 g/mol. The fourth-order valence-corrected chi connectivity index (χ4v) is 4.07. The van der Waals surface area contributed by atoms with Crippen molar-refractivity contribution < 1.29 is 22.3 Å². The van der Waals surface area contributed by atoms with Gasteiger partial charge in [-0.2, -0.15) is 4.31 Å². The predicted molar refractivity (Wildman–Crippen MR) is 102 cm³/mol. The van der Waals surface area contributed by atoms with E-state index < -0.39 is 15.9 Å². The summed E-state index contributed by atoms with van der Waals surface area (Å²) >= 11 is 0. The first-order chi connectivity index (χ1) is 12.8. The van der Waals surface area contributed by atoms with Gasteiger partial charge in [0.25, 0.3) is 5.91 Å². The molecule has 2 aromatic rings. The molecule has 2 aromatic carbocycles. The highest BCUT2D eigenvalue weighted by molar-refractivity contribution is 7.89. The van der Waals surface area contributed by atoms with Crippen molar-refractivity contribution in [2.24, 2.45) is 0 Å². The molecule has 0 fully saturated rings. The Labute approximate surface area is 159 Å². The second-order valence-corrected chi connectivity index (χ2v) is 7.80. The van der Waals surface area contributed by atoms with Gasteiger partial charge in [0.2, 0.25) is 10.0 Å². The number of aryl methyl sites for hydroxylation is 1. The Balaban J connectivity index is 2.03. The van der Waals surface area contributed by atoms with Crippen molar-refractivity contribution in [2.45, 2.75) is 25.7 Å². The molecule has 0 aliphatic carbocycles. The number of nitrogens with zero attached hydrogens (tertiary/aromatic N) is 1. The first-order valence-electron chi connectivity index (χ1n) is 8.57. The zero-order valence-electron chi connectivity index (χ0n) is 15.5. The third kappa shape index (κ3) is 5.27. The molecule has 0 saturated heterocycles. The number of carbonyl (C=O) groups excluding carboxylic acids is 1. The molecule has 27 heavy (non-hydrogen) atoms. The molecule has 6 nitrogen and oxygen atoms in total. The number of hydrogen-bond acceptors (Lipinski definition) is 4. The van der Waals surface area contributed by atoms with Gasteiger partial charge in [-0.3, -0.25) is 4.79 Å². The predicted octanol–water partition coefficient (Wildman–Crippen LogP) is 3.18. The number of carbonyl (C=O) groups is 1. The van der Waals surface area contributed by atoms with E-state index in [9.17, 15) is 17.6 Å². The highest BCUT2D eigenvalue weighted by Gasteiger charge is 2.22. The molecule has 0 bridgehead atoms. The number of ether oxygens (including phenoxy) is 1. The zero-order valence-corrected chi connectivity index (χ0v) is 16.3. The van der Waals surface area contributed by atoms with Crippen LogP contribution in [0.3, 0.4) is 0 Å². The average Bonchev–Trinajstić information content (AvgIpc) is 2.63. The largest absolute Gasteiger partial charge is 0.483 e. The van der Waals surface area contributed by atoms with E-state index in [1.54, 1.807) is 20.8 Å². The van der Waals surface area contributed by atoms with E-state index in [0.29, 0.717) is 30.1 Å². The van der Waals surface area contributed by atoms with Crippen molar-refractivity contribution in [1.82, 2.24) is 4.31 Å². The summed E-state index contributed by atoms with van der Waals surface area (Å²) in [7, 11) is -3.55. The topological polar surface area (TPSA) is 75.7 Å². The maximum absolute atomic E-state index is 12.9. The molecule has 146 valence electrons. The van der Waals surface area contributed by atoms with Crippen molar-refractivity contribution in [3.63, 3.8) is 0 Å². The summed E-state index contributed by atoms with van der Waals surface area (Å²) in [6, 6.07) is 9.92. The van der Waals surface area contributed by atoms with E-state index in [2.05, 4.69) is 5.32 Å². The molecule has 0 unspecified atom stereocenters. The number of nitrogens with one attached hydrogen (secondary N) is 1. The van der Waals surface area contributed by atoms with E-state index in [4.69, 9.17) is 4.74 Å². The van der Waals surface area contributed by atoms with Gasteiger partial charge < -0.3 is 10.1 Å². The lowest BCUT2D eigenvalue weighted by Crippen LogP contribution is -2.30. The maximum Gasteiger partial charge on any atom is 0.262 e. The highest BCUT2D eigenvalue weighted by atomic mass is 32.2. The van der Waals surface area contributed by atoms with Crippen LogP contribution in [0.1, 0.15) is 19.4 Å². The second-order valence-electron chi connectivity index (χ2n) is 5.86. The van der Waals surface area contributed by atoms with Gasteiger partial charge in [-0.1, -0.05) is 13.8 Å². The molecule has 0 aromatic heterocycles. The minimum Gasteiger partial charge on any atom is -0.483 e. The lowest BCUT2D eigenvalue weighted by atomic mass is 10.2. The SMILES string of the molecule is CCN(CC)S(=O)(=O)c1ccc(OCC(=O)Nc2ccc(F)cc2)c(C)c1. The van der Waals surface area contributed by atoms with E-state index in [-0.39, 0.29) is 17.3 Å². The first-order valence-corrected chi connectivity index (χ1v) is 10.0. The number of sulfonamides is 1. The van der Waals surface area contributed by atoms with Crippen LogP contribution in [0.4, 0.5) is 10.1 Å². The maximum atomic E-state index is 12.9. The molecule has 0 saturated carbocycles. The van der Waals surface area contributed by atoms with Gasteiger partial charge >= 0.3 is 0 Å². The molecule has 0 atom stereocenters. The van der Waals surface area contributed by atoms with Crippen LogP contribution < -0.4 is 10.1 Å². The van der Waals surface area contributed by atoms with Crippen molar-refractivity contribution >= 4 is 21.6 Å². The van der Waals surface area contributed by atoms with Crippen molar-refractivity contribution in [3.05, 3.63) is 53.8 Å². The Hall–Kier alpha value is -2.45. The van der Waals surface area contributed by atoms with Gasteiger partial charge in [-0.15, -0.1) is 0 Å². The summed E-state index contributed by atoms with van der Waals surface area (Å²) < 4.78 is 44.8. The van der Waals surface area contributed by atoms with Crippen LogP contribution in [0.15, 0.2) is 47.4 Å². The molecule has 0 aliphatic rings. The van der Waals surface area contributed by atoms with Crippen molar-refractivity contribution in [2.75, 3.05) is 25.0 Å². The molecule has 0 heterocycles. The second kappa shape index (κ2) is 8.96. The number of amides is 1. The number of rotatable bonds is 8. The molecule has 2 rings (SSSR count). The molecule has 1 amide bonds. The van der Waals surface area contributed by atoms with Crippen LogP contribution in [-0.2, 0) is 14.8 Å². The van der Waals surface area contributed by atoms with E-state index in [0.717, 1.165) is 0 Å². The Morgan fingerprint density at radius 1 is 1.11 bits per heavy atom. The number of benzene rings is 2. The molecule has 1 N–H and O–H groups in total. The van der Waals surface area contributed by atoms with Crippen molar-refractivity contribution in [1.29, 1.82) is 0 Å². The van der Waals surface area contributed by atoms with Gasteiger partial charge in [-0.25, -0.2) is 12.8 Å². The van der Waals surface area contributed by atoms with Crippen LogP contribution in [0.2, 0.25) is 0 Å². The standard InChI is InChI=1S/C19H23FN2O4S/c1-4-22(5-2)27(24,25)17-10-11-18(14(3)12-17)26-13-19(23)21-16-8-6-15(20)7-9-16/h6-12H,4-5,13H2,1-3H3,(H,21,23). The van der Waals surface area contributed by atoms with Gasteiger partial charge in [0.05, 0.1) is 4.90 Å². The van der Waals surface area contributed by atoms with E-state index in [1.165, 1.54) is 46.8 Å². The fourth-order valence-electron chi connectivity index (χ4n) is 2.53. The van der Waals surface area contributed by atoms with Gasteiger partial charge in [0.15, 0.2) is 6.61 Å². The quantitative estimate of drug-likeness (QED) is 0.746. The van der Waals surface area contributed by atoms with Crippen LogP contribution in [-0.4, -0.2) is 38.3 Å². The Morgan fingerprint density at radius 3 is 2.30 bits per heavy atom. The Kier molecular flexibility index (Phi) is 6.92. The molecule has 0 aliphatic heterocycles. The van der Waals surface area contributed by atoms with Crippen LogP contribution in [0.25, 0.3) is 0 Å². The molecule has 0 radical (unpaired) electrons. The molecule has 8 heteroatoms. The summed E-state index contributed by atoms with van der Waals surface area (Å²) in [4.78, 5) is 12.1. The molecular formula is C19H23FN2O4S. The fraction of sp³-hybridized carbons (Fsp3) is 0.316. The number of hydrogen-bond donors (Lipinski definition) is 1. The van der Waals surface area contributed by atoms with E-state index in [1.807, 2.05) is 0 Å². The highest BCUT2D eigenvalue weighted by Crippen LogP contribution is 2.24. The lowest BCUT2D eigenvalue weighted by Gasteiger charge is -2.19. The zero-order chi connectivity index (χ0) is 20.0. The molecular weight excluding hydrogens is 371 g/mol. The van der Waals surface area contributed by atoms with Gasteiger partial charge in [0.1, 0.15) is 11.6 Å². The summed E-state index contributed by atoms with van der Waals surface area (Å²) in [5.41, 5.74) is 1.07. The summed E-state index contributed by atoms with van der Waals surface area (Å²) in [5, 5.41) is 2.59. The third-order valence-electron chi connectivity index (χ3n) is 3.98. The van der Waals surface area contributed by atoms with Crippen LogP contribution in [0.5, 0.6) is 5.75 Å². The smallest absolute Gasteiger partial charge is 0.262 e. The van der Waals surface area contributed by atoms with Crippen LogP contribution >= 0.6 is 0 Å². The normalized spacial score (nSPS) is 11.4. The Morgan fingerprint density at radius 2 is 1.74 bits per heavy atom. The first kappa shape index (κ1) is 20.9. The minimum atomic E-state index is -3.55. The summed E-state index contributed by atoms with van der Waals surface area (Å²) in [6.45, 7) is 5.81. The van der Waals surface area contributed by atoms with Crippen molar-refractivity contribution in [3.8, 4) is 5.75 Å². The average molecular weight is 394 g/mol. The summed E-state index contributed by atoms with van der Waals surface area (Å²) in [5.74, 6) is -0.372. The number of halogens is 1. The summed E-state index contributed by atoms with van der Waals surface area (Å²) in [6.07, 6.45) is 0. The van der Waals surface area contributed by atoms with Crippen LogP contribution in [0, 0.1) is 12.7 Å². The minimum absolute atomic E-state index is 0.187. The van der Waals surface area contributed by atoms with E-state index >= 15 is 0 Å².